The second-order valence-electron chi connectivity index (χ2n) is 7.09. The second kappa shape index (κ2) is 5.34. The van der Waals surface area contributed by atoms with Crippen LogP contribution >= 0.6 is 11.8 Å². The fourth-order valence-electron chi connectivity index (χ4n) is 3.96. The Morgan fingerprint density at radius 1 is 1.33 bits per heavy atom. The summed E-state index contributed by atoms with van der Waals surface area (Å²) in [6.07, 6.45) is 3.98. The van der Waals surface area contributed by atoms with Gasteiger partial charge in [0.1, 0.15) is 0 Å². The first kappa shape index (κ1) is 14.7. The van der Waals surface area contributed by atoms with E-state index in [0.717, 1.165) is 12.5 Å². The molecular weight excluding hydrogens is 240 g/mol. The van der Waals surface area contributed by atoms with Gasteiger partial charge in [0.15, 0.2) is 0 Å². The molecule has 2 heterocycles. The van der Waals surface area contributed by atoms with Crippen molar-refractivity contribution in [1.82, 2.24) is 4.90 Å². The second-order valence-corrected chi connectivity index (χ2v) is 8.20. The van der Waals surface area contributed by atoms with Gasteiger partial charge in [-0.05, 0) is 49.8 Å². The Morgan fingerprint density at radius 2 is 2.06 bits per heavy atom. The summed E-state index contributed by atoms with van der Waals surface area (Å²) < 4.78 is 0. The van der Waals surface area contributed by atoms with Crippen LogP contribution in [0, 0.1) is 11.3 Å². The number of likely N-dealkylation sites (tertiary alicyclic amines) is 1. The molecule has 0 amide bonds. The van der Waals surface area contributed by atoms with Crippen LogP contribution in [0.3, 0.4) is 0 Å². The highest BCUT2D eigenvalue weighted by atomic mass is 32.2. The molecule has 3 unspecified atom stereocenters. The lowest BCUT2D eigenvalue weighted by Gasteiger charge is -2.59. The van der Waals surface area contributed by atoms with Crippen molar-refractivity contribution in [1.29, 1.82) is 0 Å². The normalized spacial score (nSPS) is 41.8. The molecule has 0 radical (unpaired) electrons. The van der Waals surface area contributed by atoms with Crippen molar-refractivity contribution in [3.63, 3.8) is 0 Å². The predicted molar refractivity (Wildman–Crippen MR) is 82.1 cm³/mol. The molecule has 2 fully saturated rings. The van der Waals surface area contributed by atoms with Gasteiger partial charge in [-0.3, -0.25) is 4.90 Å². The maximum absolute atomic E-state index is 6.29. The first-order chi connectivity index (χ1) is 8.43. The van der Waals surface area contributed by atoms with Crippen LogP contribution in [-0.4, -0.2) is 41.1 Å². The number of hydrogen-bond acceptors (Lipinski definition) is 3. The van der Waals surface area contributed by atoms with Crippen molar-refractivity contribution >= 4 is 11.8 Å². The van der Waals surface area contributed by atoms with Gasteiger partial charge in [-0.2, -0.15) is 11.8 Å². The number of nitrogens with two attached hydrogens (primary N) is 1. The van der Waals surface area contributed by atoms with Crippen molar-refractivity contribution in [2.24, 2.45) is 17.1 Å². The van der Waals surface area contributed by atoms with Crippen LogP contribution in [-0.2, 0) is 0 Å². The van der Waals surface area contributed by atoms with Gasteiger partial charge in [-0.15, -0.1) is 0 Å². The van der Waals surface area contributed by atoms with Crippen LogP contribution in [0.15, 0.2) is 0 Å². The van der Waals surface area contributed by atoms with E-state index in [9.17, 15) is 0 Å². The molecule has 0 aromatic heterocycles. The molecule has 2 aliphatic heterocycles. The summed E-state index contributed by atoms with van der Waals surface area (Å²) >= 11 is 2.10. The maximum atomic E-state index is 6.29. The molecule has 2 N–H and O–H groups in total. The third kappa shape index (κ3) is 2.34. The fourth-order valence-corrected chi connectivity index (χ4v) is 5.77. The van der Waals surface area contributed by atoms with Gasteiger partial charge < -0.3 is 5.73 Å². The molecule has 0 spiro atoms. The molecule has 2 nitrogen and oxygen atoms in total. The van der Waals surface area contributed by atoms with Crippen LogP contribution < -0.4 is 5.73 Å². The predicted octanol–water partition coefficient (Wildman–Crippen LogP) is 2.97. The largest absolute Gasteiger partial charge is 0.329 e. The van der Waals surface area contributed by atoms with E-state index < -0.39 is 0 Å². The van der Waals surface area contributed by atoms with Crippen molar-refractivity contribution in [2.45, 2.75) is 58.5 Å². The lowest BCUT2D eigenvalue weighted by molar-refractivity contribution is -0.0473. The number of piperidine rings is 1. The van der Waals surface area contributed by atoms with E-state index >= 15 is 0 Å². The summed E-state index contributed by atoms with van der Waals surface area (Å²) in [4.78, 5) is 2.76. The standard InChI is InChI=1S/C15H30N2S/c1-12-5-7-17(13(2)9-12)15(10-16)11-18-8-6-14(15,3)4/h12-13H,5-11,16H2,1-4H3. The summed E-state index contributed by atoms with van der Waals surface area (Å²) in [5.74, 6) is 3.40. The molecule has 3 heteroatoms. The van der Waals surface area contributed by atoms with E-state index in [-0.39, 0.29) is 5.54 Å². The Morgan fingerprint density at radius 3 is 2.61 bits per heavy atom. The zero-order chi connectivity index (χ0) is 13.4. The van der Waals surface area contributed by atoms with Crippen LogP contribution in [0.1, 0.15) is 47.0 Å². The van der Waals surface area contributed by atoms with E-state index in [0.29, 0.717) is 11.5 Å². The fraction of sp³-hybridized carbons (Fsp3) is 1.00. The minimum absolute atomic E-state index is 0.218. The van der Waals surface area contributed by atoms with Crippen LogP contribution in [0.4, 0.5) is 0 Å². The van der Waals surface area contributed by atoms with Crippen LogP contribution in [0.2, 0.25) is 0 Å². The third-order valence-electron chi connectivity index (χ3n) is 5.50. The summed E-state index contributed by atoms with van der Waals surface area (Å²) in [5, 5.41) is 0. The SMILES string of the molecule is CC1CCN(C2(CN)CSCCC2(C)C)C(C)C1. The van der Waals surface area contributed by atoms with E-state index in [2.05, 4.69) is 44.4 Å². The monoisotopic (exact) mass is 270 g/mol. The van der Waals surface area contributed by atoms with Gasteiger partial charge in [0.2, 0.25) is 0 Å². The summed E-state index contributed by atoms with van der Waals surface area (Å²) in [7, 11) is 0. The van der Waals surface area contributed by atoms with Gasteiger partial charge >= 0.3 is 0 Å². The number of nitrogens with zero attached hydrogens (tertiary/aromatic N) is 1. The number of thioether (sulfide) groups is 1. The highest BCUT2D eigenvalue weighted by molar-refractivity contribution is 7.99. The van der Waals surface area contributed by atoms with Crippen molar-refractivity contribution in [3.8, 4) is 0 Å². The highest BCUT2D eigenvalue weighted by Gasteiger charge is 2.51. The molecule has 0 saturated carbocycles. The molecule has 0 aliphatic carbocycles. The Balaban J connectivity index is 2.25. The Bertz CT molecular complexity index is 292. The van der Waals surface area contributed by atoms with Crippen LogP contribution in [0.25, 0.3) is 0 Å². The van der Waals surface area contributed by atoms with Crippen LogP contribution in [0.5, 0.6) is 0 Å². The third-order valence-corrected chi connectivity index (χ3v) is 6.67. The average molecular weight is 270 g/mol. The Kier molecular flexibility index (Phi) is 4.35. The first-order valence-electron chi connectivity index (χ1n) is 7.47. The molecule has 2 saturated heterocycles. The molecule has 106 valence electrons. The molecule has 3 atom stereocenters. The molecule has 2 aliphatic rings. The average Bonchev–Trinajstić information content (AvgIpc) is 2.30. The van der Waals surface area contributed by atoms with Crippen molar-refractivity contribution < 1.29 is 0 Å². The molecular formula is C15H30N2S. The molecule has 0 aromatic rings. The lowest BCUT2D eigenvalue weighted by Crippen LogP contribution is -2.68. The Hall–Kier alpha value is 0.270. The number of rotatable bonds is 2. The van der Waals surface area contributed by atoms with E-state index in [4.69, 9.17) is 5.73 Å². The zero-order valence-electron chi connectivity index (χ0n) is 12.5. The first-order valence-corrected chi connectivity index (χ1v) is 8.63. The van der Waals surface area contributed by atoms with Gasteiger partial charge in [0, 0.05) is 23.9 Å². The molecule has 18 heavy (non-hydrogen) atoms. The van der Waals surface area contributed by atoms with Gasteiger partial charge in [0.25, 0.3) is 0 Å². The highest BCUT2D eigenvalue weighted by Crippen LogP contribution is 2.47. The topological polar surface area (TPSA) is 29.3 Å². The molecule has 0 aromatic carbocycles. The quantitative estimate of drug-likeness (QED) is 0.836. The summed E-state index contributed by atoms with van der Waals surface area (Å²) in [5.41, 5.74) is 6.85. The molecule has 2 rings (SSSR count). The minimum atomic E-state index is 0.218. The van der Waals surface area contributed by atoms with Crippen molar-refractivity contribution in [2.75, 3.05) is 24.6 Å². The smallest absolute Gasteiger partial charge is 0.0475 e. The lowest BCUT2D eigenvalue weighted by atomic mass is 9.68. The zero-order valence-corrected chi connectivity index (χ0v) is 13.4. The Labute approximate surface area is 117 Å². The maximum Gasteiger partial charge on any atom is 0.0475 e. The van der Waals surface area contributed by atoms with E-state index in [1.54, 1.807) is 0 Å². The van der Waals surface area contributed by atoms with E-state index in [1.165, 1.54) is 37.3 Å². The van der Waals surface area contributed by atoms with E-state index in [1.807, 2.05) is 0 Å². The summed E-state index contributed by atoms with van der Waals surface area (Å²) in [6.45, 7) is 11.7. The molecule has 0 bridgehead atoms. The van der Waals surface area contributed by atoms with Gasteiger partial charge in [-0.25, -0.2) is 0 Å². The summed E-state index contributed by atoms with van der Waals surface area (Å²) in [6, 6.07) is 0.690. The van der Waals surface area contributed by atoms with Gasteiger partial charge in [-0.1, -0.05) is 20.8 Å². The minimum Gasteiger partial charge on any atom is -0.329 e. The number of hydrogen-bond donors (Lipinski definition) is 1. The van der Waals surface area contributed by atoms with Crippen molar-refractivity contribution in [3.05, 3.63) is 0 Å². The van der Waals surface area contributed by atoms with Gasteiger partial charge in [0.05, 0.1) is 0 Å².